The van der Waals surface area contributed by atoms with Crippen LogP contribution >= 0.6 is 45.3 Å². The van der Waals surface area contributed by atoms with Crippen molar-refractivity contribution in [2.75, 3.05) is 0 Å². The molecular formula is C32H16F8S4. The second kappa shape index (κ2) is 10.1. The van der Waals surface area contributed by atoms with Crippen molar-refractivity contribution in [1.82, 2.24) is 0 Å². The first-order valence-corrected chi connectivity index (χ1v) is 16.3. The highest BCUT2D eigenvalue weighted by molar-refractivity contribution is 7.23. The Kier molecular flexibility index (Phi) is 6.75. The van der Waals surface area contributed by atoms with Gasteiger partial charge in [-0.05, 0) is 59.3 Å². The summed E-state index contributed by atoms with van der Waals surface area (Å²) in [7, 11) is 0. The van der Waals surface area contributed by atoms with Gasteiger partial charge in [-0.1, -0.05) is 36.4 Å². The molecular weight excluding hydrogens is 665 g/mol. The van der Waals surface area contributed by atoms with Crippen molar-refractivity contribution in [2.45, 2.75) is 23.7 Å². The Labute approximate surface area is 261 Å². The molecule has 4 aromatic heterocycles. The average Bonchev–Trinajstić information content (AvgIpc) is 3.82. The number of thiophene rings is 4. The van der Waals surface area contributed by atoms with Crippen molar-refractivity contribution < 1.29 is 35.1 Å². The van der Waals surface area contributed by atoms with Crippen LogP contribution in [-0.4, -0.2) is 0 Å². The van der Waals surface area contributed by atoms with Gasteiger partial charge in [0.2, 0.25) is 0 Å². The van der Waals surface area contributed by atoms with Crippen molar-refractivity contribution in [2.24, 2.45) is 0 Å². The average molecular weight is 681 g/mol. The molecule has 4 bridgehead atoms. The molecule has 0 nitrogen and oxygen atoms in total. The summed E-state index contributed by atoms with van der Waals surface area (Å²) in [6.45, 7) is 0. The minimum atomic E-state index is -4.92. The van der Waals surface area contributed by atoms with E-state index in [1.165, 1.54) is 34.8 Å². The zero-order valence-electron chi connectivity index (χ0n) is 21.9. The molecule has 4 heterocycles. The zero-order valence-corrected chi connectivity index (χ0v) is 25.2. The van der Waals surface area contributed by atoms with E-state index in [1.807, 2.05) is 0 Å². The van der Waals surface area contributed by atoms with Gasteiger partial charge in [0.25, 0.3) is 0 Å². The molecule has 44 heavy (non-hydrogen) atoms. The molecule has 0 radical (unpaired) electrons. The summed E-state index contributed by atoms with van der Waals surface area (Å²) in [5.74, 6) is -19.6. The molecule has 0 fully saturated rings. The van der Waals surface area contributed by atoms with E-state index in [0.29, 0.717) is 46.2 Å². The Bertz CT molecular complexity index is 1840. The third-order valence-corrected chi connectivity index (χ3v) is 11.9. The molecule has 6 aromatic rings. The number of alkyl halides is 8. The lowest BCUT2D eigenvalue weighted by Gasteiger charge is -2.34. The third kappa shape index (κ3) is 4.33. The van der Waals surface area contributed by atoms with Crippen LogP contribution < -0.4 is 0 Å². The maximum Gasteiger partial charge on any atom is 0.340 e. The monoisotopic (exact) mass is 680 g/mol. The van der Waals surface area contributed by atoms with Gasteiger partial charge in [0.1, 0.15) is 0 Å². The van der Waals surface area contributed by atoms with Crippen molar-refractivity contribution in [3.63, 3.8) is 0 Å². The molecule has 0 N–H and O–H groups in total. The van der Waals surface area contributed by atoms with Gasteiger partial charge in [-0.2, -0.15) is 35.1 Å². The second-order valence-electron chi connectivity index (χ2n) is 10.1. The summed E-state index contributed by atoms with van der Waals surface area (Å²) in [6.07, 6.45) is 0. The Morgan fingerprint density at radius 1 is 0.386 bits per heavy atom. The van der Waals surface area contributed by atoms with Gasteiger partial charge in [-0.25, -0.2) is 0 Å². The van der Waals surface area contributed by atoms with Crippen LogP contribution in [0.3, 0.4) is 0 Å². The summed E-state index contributed by atoms with van der Waals surface area (Å²) < 4.78 is 128. The first kappa shape index (κ1) is 29.4. The van der Waals surface area contributed by atoms with Gasteiger partial charge >= 0.3 is 23.7 Å². The fourth-order valence-corrected chi connectivity index (χ4v) is 8.94. The first-order chi connectivity index (χ1) is 20.8. The summed E-state index contributed by atoms with van der Waals surface area (Å²) in [5, 5.41) is 3.55. The molecule has 4 aliphatic rings. The molecule has 0 saturated heterocycles. The Morgan fingerprint density at radius 3 is 1.14 bits per heavy atom. The van der Waals surface area contributed by atoms with E-state index in [-0.39, 0.29) is 9.75 Å². The summed E-state index contributed by atoms with van der Waals surface area (Å²) in [5.41, 5.74) is -6.36. The SMILES string of the molecule is FC1(F)c2ccc(c(-c3ccc(-c4cccs4)s3)c2)C(F)(F)C(F)(F)c2ccc(cc2-c2ccc(-c3cccs3)s2)C1(F)F. The van der Waals surface area contributed by atoms with Crippen LogP contribution in [0.2, 0.25) is 0 Å². The molecule has 12 heteroatoms. The number of hydrogen-bond donors (Lipinski definition) is 0. The molecule has 4 aliphatic carbocycles. The van der Waals surface area contributed by atoms with E-state index in [4.69, 9.17) is 0 Å². The predicted molar refractivity (Wildman–Crippen MR) is 162 cm³/mol. The highest BCUT2D eigenvalue weighted by Gasteiger charge is 2.63. The molecule has 2 aromatic carbocycles. The van der Waals surface area contributed by atoms with Crippen LogP contribution in [0.15, 0.2) is 95.7 Å². The number of hydrogen-bond acceptors (Lipinski definition) is 4. The number of halogens is 8. The maximum absolute atomic E-state index is 16.3. The van der Waals surface area contributed by atoms with Crippen molar-refractivity contribution >= 4 is 45.3 Å². The lowest BCUT2D eigenvalue weighted by Crippen LogP contribution is -2.39. The Hall–Kier alpha value is -3.32. The molecule has 0 aliphatic heterocycles. The lowest BCUT2D eigenvalue weighted by atomic mass is 9.84. The molecule has 0 saturated carbocycles. The highest BCUT2D eigenvalue weighted by Crippen LogP contribution is 2.58. The van der Waals surface area contributed by atoms with Crippen LogP contribution in [0.4, 0.5) is 35.1 Å². The van der Waals surface area contributed by atoms with Crippen molar-refractivity contribution in [3.05, 3.63) is 118 Å². The van der Waals surface area contributed by atoms with Gasteiger partial charge in [0.05, 0.1) is 0 Å². The quantitative estimate of drug-likeness (QED) is 0.163. The number of benzene rings is 2. The molecule has 0 atom stereocenters. The van der Waals surface area contributed by atoms with Gasteiger partial charge in [0, 0.05) is 62.6 Å². The maximum atomic E-state index is 16.3. The Morgan fingerprint density at radius 2 is 0.773 bits per heavy atom. The largest absolute Gasteiger partial charge is 0.340 e. The van der Waals surface area contributed by atoms with Crippen LogP contribution in [-0.2, 0) is 23.7 Å². The minimum absolute atomic E-state index is 0.0372. The normalized spacial score (nSPS) is 17.8. The topological polar surface area (TPSA) is 0 Å². The van der Waals surface area contributed by atoms with Gasteiger partial charge in [0.15, 0.2) is 0 Å². The van der Waals surface area contributed by atoms with Crippen LogP contribution in [0, 0.1) is 0 Å². The fourth-order valence-electron chi connectivity index (χ4n) is 5.20. The molecule has 0 spiro atoms. The minimum Gasteiger partial charge on any atom is -0.194 e. The summed E-state index contributed by atoms with van der Waals surface area (Å²) in [4.78, 5) is 2.57. The molecule has 0 amide bonds. The van der Waals surface area contributed by atoms with E-state index in [0.717, 1.165) is 32.4 Å². The molecule has 0 unspecified atom stereocenters. The summed E-state index contributed by atoms with van der Waals surface area (Å²) in [6, 6.07) is 15.4. The smallest absolute Gasteiger partial charge is 0.194 e. The zero-order chi connectivity index (χ0) is 31.1. The van der Waals surface area contributed by atoms with Crippen LogP contribution in [0.25, 0.3) is 40.4 Å². The number of rotatable bonds is 4. The van der Waals surface area contributed by atoms with E-state index < -0.39 is 57.1 Å². The van der Waals surface area contributed by atoms with Gasteiger partial charge in [-0.15, -0.1) is 45.3 Å². The predicted octanol–water partition coefficient (Wildman–Crippen LogP) is 12.7. The second-order valence-corrected chi connectivity index (χ2v) is 14.2. The summed E-state index contributed by atoms with van der Waals surface area (Å²) >= 11 is 4.51. The Balaban J connectivity index is 1.48. The molecule has 224 valence electrons. The van der Waals surface area contributed by atoms with Crippen LogP contribution in [0.5, 0.6) is 0 Å². The fraction of sp³-hybridized carbons (Fsp3) is 0.125. The molecule has 10 rings (SSSR count). The van der Waals surface area contributed by atoms with E-state index >= 15 is 35.1 Å². The van der Waals surface area contributed by atoms with Crippen LogP contribution in [0.1, 0.15) is 22.3 Å². The highest BCUT2D eigenvalue weighted by atomic mass is 32.1. The standard InChI is InChI=1S/C32H16F8S4/c33-29(34)17-5-7-21(19(15-17)23-9-11-27(43-23)25-3-1-13-41-25)31(37,38)32(39,40)22-8-6-18(30(29,35)36)16-20(22)24-10-12-28(44-24)26-4-2-14-42-26/h1-16H. The third-order valence-electron chi connectivity index (χ3n) is 7.50. The van der Waals surface area contributed by atoms with Gasteiger partial charge in [-0.3, -0.25) is 0 Å². The first-order valence-electron chi connectivity index (χ1n) is 12.9. The lowest BCUT2D eigenvalue weighted by molar-refractivity contribution is -0.227. The van der Waals surface area contributed by atoms with E-state index in [1.54, 1.807) is 47.2 Å². The van der Waals surface area contributed by atoms with Gasteiger partial charge < -0.3 is 0 Å². The van der Waals surface area contributed by atoms with Crippen molar-refractivity contribution in [1.29, 1.82) is 0 Å². The van der Waals surface area contributed by atoms with Crippen molar-refractivity contribution in [3.8, 4) is 40.4 Å². The van der Waals surface area contributed by atoms with E-state index in [2.05, 4.69) is 0 Å². The van der Waals surface area contributed by atoms with E-state index in [9.17, 15) is 0 Å².